The largest absolute Gasteiger partial charge is 0.353 e. The van der Waals surface area contributed by atoms with Crippen LogP contribution in [0.25, 0.3) is 0 Å². The van der Waals surface area contributed by atoms with Crippen LogP contribution in [0.2, 0.25) is 0 Å². The van der Waals surface area contributed by atoms with Crippen molar-refractivity contribution in [3.8, 4) is 0 Å². The van der Waals surface area contributed by atoms with Crippen LogP contribution in [0.15, 0.2) is 18.2 Å². The molecule has 2 N–H and O–H groups in total. The number of carbonyl (C=O) groups is 2. The summed E-state index contributed by atoms with van der Waals surface area (Å²) in [5.41, 5.74) is 1.10. The molecular weight excluding hydrogens is 321 g/mol. The van der Waals surface area contributed by atoms with Gasteiger partial charge < -0.3 is 10.6 Å². The van der Waals surface area contributed by atoms with Crippen LogP contribution in [0.5, 0.6) is 0 Å². The van der Waals surface area contributed by atoms with Crippen molar-refractivity contribution in [2.45, 2.75) is 39.7 Å². The van der Waals surface area contributed by atoms with Gasteiger partial charge in [0.25, 0.3) is 5.91 Å². The number of hydrogen-bond donors (Lipinski definition) is 2. The summed E-state index contributed by atoms with van der Waals surface area (Å²) in [6.07, 6.45) is 1.88. The van der Waals surface area contributed by atoms with Gasteiger partial charge in [0.15, 0.2) is 0 Å². The minimum absolute atomic E-state index is 0.0585. The van der Waals surface area contributed by atoms with Crippen molar-refractivity contribution in [1.82, 2.24) is 15.5 Å². The Morgan fingerprint density at radius 3 is 2.52 bits per heavy atom. The second-order valence-electron chi connectivity index (χ2n) is 7.17. The third-order valence-corrected chi connectivity index (χ3v) is 4.38. The molecule has 25 heavy (non-hydrogen) atoms. The molecular formula is C19H28FN3O2. The van der Waals surface area contributed by atoms with Gasteiger partial charge in [-0.25, -0.2) is 4.39 Å². The van der Waals surface area contributed by atoms with Gasteiger partial charge in [0.2, 0.25) is 5.91 Å². The molecule has 1 aliphatic rings. The van der Waals surface area contributed by atoms with Gasteiger partial charge in [0, 0.05) is 18.2 Å². The van der Waals surface area contributed by atoms with E-state index in [1.165, 1.54) is 12.1 Å². The highest BCUT2D eigenvalue weighted by Gasteiger charge is 2.21. The predicted octanol–water partition coefficient (Wildman–Crippen LogP) is 2.10. The van der Waals surface area contributed by atoms with E-state index in [0.717, 1.165) is 31.5 Å². The van der Waals surface area contributed by atoms with Gasteiger partial charge in [-0.2, -0.15) is 0 Å². The van der Waals surface area contributed by atoms with E-state index in [9.17, 15) is 14.0 Å². The highest BCUT2D eigenvalue weighted by molar-refractivity contribution is 5.94. The van der Waals surface area contributed by atoms with Crippen LogP contribution < -0.4 is 10.6 Å². The van der Waals surface area contributed by atoms with Gasteiger partial charge in [0.05, 0.1) is 6.54 Å². The Labute approximate surface area is 149 Å². The summed E-state index contributed by atoms with van der Waals surface area (Å²) >= 11 is 0. The van der Waals surface area contributed by atoms with E-state index in [4.69, 9.17) is 0 Å². The lowest BCUT2D eigenvalue weighted by atomic mass is 9.96. The molecule has 0 saturated carbocycles. The molecule has 0 spiro atoms. The molecule has 2 rings (SSSR count). The normalized spacial score (nSPS) is 16.0. The number of hydrogen-bond acceptors (Lipinski definition) is 3. The van der Waals surface area contributed by atoms with Crippen LogP contribution in [0.4, 0.5) is 4.39 Å². The number of nitrogens with one attached hydrogen (secondary N) is 2. The van der Waals surface area contributed by atoms with E-state index >= 15 is 0 Å². The zero-order chi connectivity index (χ0) is 18.4. The summed E-state index contributed by atoms with van der Waals surface area (Å²) in [6, 6.07) is 4.51. The van der Waals surface area contributed by atoms with Crippen molar-refractivity contribution in [2.75, 3.05) is 26.2 Å². The minimum atomic E-state index is -0.391. The fourth-order valence-corrected chi connectivity index (χ4v) is 3.13. The maximum absolute atomic E-state index is 13.4. The van der Waals surface area contributed by atoms with Gasteiger partial charge in [-0.15, -0.1) is 0 Å². The number of nitrogens with zero attached hydrogens (tertiary/aromatic N) is 1. The SMILES string of the molecule is Cc1cc(F)cc(C(=O)NCC2CCN(CC(=O)NC(C)C)CC2)c1. The Bertz CT molecular complexity index is 590. The highest BCUT2D eigenvalue weighted by Crippen LogP contribution is 2.16. The van der Waals surface area contributed by atoms with Crippen molar-refractivity contribution in [1.29, 1.82) is 0 Å². The van der Waals surface area contributed by atoms with E-state index in [0.29, 0.717) is 24.6 Å². The van der Waals surface area contributed by atoms with Gasteiger partial charge in [-0.1, -0.05) is 0 Å². The first-order chi connectivity index (χ1) is 11.8. The van der Waals surface area contributed by atoms with E-state index < -0.39 is 5.82 Å². The number of benzene rings is 1. The standard InChI is InChI=1S/C19H28FN3O2/c1-13(2)22-18(24)12-23-6-4-15(5-7-23)11-21-19(25)16-8-14(3)9-17(20)10-16/h8-10,13,15H,4-7,11-12H2,1-3H3,(H,21,25)(H,22,24). The number of rotatable bonds is 6. The monoisotopic (exact) mass is 349 g/mol. The average Bonchev–Trinajstić information content (AvgIpc) is 2.52. The second-order valence-corrected chi connectivity index (χ2v) is 7.17. The quantitative estimate of drug-likeness (QED) is 0.827. The first-order valence-electron chi connectivity index (χ1n) is 8.90. The molecule has 1 aromatic rings. The summed E-state index contributed by atoms with van der Waals surface area (Å²) in [4.78, 5) is 26.1. The fourth-order valence-electron chi connectivity index (χ4n) is 3.13. The number of aryl methyl sites for hydroxylation is 1. The van der Waals surface area contributed by atoms with Crippen LogP contribution in [-0.4, -0.2) is 48.9 Å². The maximum Gasteiger partial charge on any atom is 0.251 e. The summed E-state index contributed by atoms with van der Waals surface area (Å²) in [5.74, 6) is -0.175. The maximum atomic E-state index is 13.4. The molecule has 0 radical (unpaired) electrons. The molecule has 1 aromatic carbocycles. The van der Waals surface area contributed by atoms with Crippen LogP contribution in [0.1, 0.15) is 42.6 Å². The Balaban J connectivity index is 1.73. The summed E-state index contributed by atoms with van der Waals surface area (Å²) < 4.78 is 13.4. The Morgan fingerprint density at radius 2 is 1.92 bits per heavy atom. The molecule has 1 fully saturated rings. The first-order valence-corrected chi connectivity index (χ1v) is 8.90. The van der Waals surface area contributed by atoms with E-state index in [1.807, 2.05) is 13.8 Å². The van der Waals surface area contributed by atoms with Crippen molar-refractivity contribution in [3.05, 3.63) is 35.1 Å². The van der Waals surface area contributed by atoms with Crippen LogP contribution in [0.3, 0.4) is 0 Å². The average molecular weight is 349 g/mol. The number of likely N-dealkylation sites (tertiary alicyclic amines) is 1. The van der Waals surface area contributed by atoms with Crippen molar-refractivity contribution >= 4 is 11.8 Å². The molecule has 1 saturated heterocycles. The Hall–Kier alpha value is -1.95. The third-order valence-electron chi connectivity index (χ3n) is 4.38. The lowest BCUT2D eigenvalue weighted by Crippen LogP contribution is -2.44. The second kappa shape index (κ2) is 8.94. The first kappa shape index (κ1) is 19.4. The molecule has 0 unspecified atom stereocenters. The fraction of sp³-hybridized carbons (Fsp3) is 0.579. The van der Waals surface area contributed by atoms with Crippen molar-refractivity contribution in [3.63, 3.8) is 0 Å². The Kier molecular flexibility index (Phi) is 6.93. The number of amides is 2. The smallest absolute Gasteiger partial charge is 0.251 e. The van der Waals surface area contributed by atoms with Gasteiger partial charge in [0.1, 0.15) is 5.82 Å². The van der Waals surface area contributed by atoms with Crippen LogP contribution in [-0.2, 0) is 4.79 Å². The zero-order valence-corrected chi connectivity index (χ0v) is 15.3. The summed E-state index contributed by atoms with van der Waals surface area (Å²) in [6.45, 7) is 8.39. The minimum Gasteiger partial charge on any atom is -0.353 e. The summed E-state index contributed by atoms with van der Waals surface area (Å²) in [7, 11) is 0. The van der Waals surface area contributed by atoms with E-state index in [2.05, 4.69) is 15.5 Å². The number of piperidine rings is 1. The van der Waals surface area contributed by atoms with E-state index in [-0.39, 0.29) is 17.9 Å². The molecule has 138 valence electrons. The predicted molar refractivity (Wildman–Crippen MR) is 95.9 cm³/mol. The zero-order valence-electron chi connectivity index (χ0n) is 15.3. The lowest BCUT2D eigenvalue weighted by molar-refractivity contribution is -0.123. The van der Waals surface area contributed by atoms with Crippen molar-refractivity contribution < 1.29 is 14.0 Å². The molecule has 1 aliphatic heterocycles. The molecule has 6 heteroatoms. The molecule has 0 atom stereocenters. The topological polar surface area (TPSA) is 61.4 Å². The molecule has 2 amide bonds. The third kappa shape index (κ3) is 6.46. The molecule has 0 aromatic heterocycles. The van der Waals surface area contributed by atoms with Gasteiger partial charge in [-0.3, -0.25) is 14.5 Å². The summed E-state index contributed by atoms with van der Waals surface area (Å²) in [5, 5.41) is 5.80. The Morgan fingerprint density at radius 1 is 1.24 bits per heavy atom. The van der Waals surface area contributed by atoms with Gasteiger partial charge in [-0.05, 0) is 76.4 Å². The number of carbonyl (C=O) groups excluding carboxylic acids is 2. The molecule has 5 nitrogen and oxygen atoms in total. The van der Waals surface area contributed by atoms with Crippen LogP contribution >= 0.6 is 0 Å². The van der Waals surface area contributed by atoms with Crippen LogP contribution in [0, 0.1) is 18.7 Å². The van der Waals surface area contributed by atoms with Crippen molar-refractivity contribution in [2.24, 2.45) is 5.92 Å². The number of halogens is 1. The van der Waals surface area contributed by atoms with Gasteiger partial charge >= 0.3 is 0 Å². The molecule has 0 aliphatic carbocycles. The lowest BCUT2D eigenvalue weighted by Gasteiger charge is -2.31. The molecule has 1 heterocycles. The molecule has 0 bridgehead atoms. The van der Waals surface area contributed by atoms with E-state index in [1.54, 1.807) is 13.0 Å². The highest BCUT2D eigenvalue weighted by atomic mass is 19.1.